The Kier molecular flexibility index (Phi) is 3.94. The molecule has 0 aromatic carbocycles. The van der Waals surface area contributed by atoms with Crippen molar-refractivity contribution >= 4 is 11.6 Å². The van der Waals surface area contributed by atoms with Gasteiger partial charge in [0, 0.05) is 11.8 Å². The van der Waals surface area contributed by atoms with Crippen LogP contribution in [0.5, 0.6) is 0 Å². The first-order valence-corrected chi connectivity index (χ1v) is 7.66. The van der Waals surface area contributed by atoms with Crippen LogP contribution in [0.4, 0.5) is 0 Å². The van der Waals surface area contributed by atoms with E-state index in [1.165, 1.54) is 4.90 Å². The van der Waals surface area contributed by atoms with Crippen LogP contribution >= 0.6 is 0 Å². The standard InChI is InChI=1S/C16H20N4O2/c1-11-4-2-6-14-18-13(8-15(21)20(11)14)10-19-7-3-5-12(9-19)16(17)22/h2,4,6,8,12H,3,5,7,9-10H2,1H3,(H2,17,22)/p+1/t12-/m0/s1. The second kappa shape index (κ2) is 5.88. The average Bonchev–Trinajstić information content (AvgIpc) is 2.47. The summed E-state index contributed by atoms with van der Waals surface area (Å²) < 4.78 is 1.61. The number of nitrogens with one attached hydrogen (secondary N) is 1. The van der Waals surface area contributed by atoms with E-state index in [1.54, 1.807) is 10.5 Å². The third kappa shape index (κ3) is 2.87. The number of aromatic nitrogens is 2. The molecule has 6 heteroatoms. The Morgan fingerprint density at radius 3 is 3.09 bits per heavy atom. The molecule has 0 aliphatic carbocycles. The van der Waals surface area contributed by atoms with Crippen molar-refractivity contribution in [2.75, 3.05) is 13.1 Å². The van der Waals surface area contributed by atoms with E-state index >= 15 is 0 Å². The van der Waals surface area contributed by atoms with Crippen LogP contribution in [0, 0.1) is 12.8 Å². The molecule has 3 rings (SSSR count). The number of fused-ring (bicyclic) bond motifs is 1. The van der Waals surface area contributed by atoms with Crippen molar-refractivity contribution in [2.45, 2.75) is 26.3 Å². The molecular weight excluding hydrogens is 280 g/mol. The SMILES string of the molecule is Cc1cccc2nc(C[NH+]3CCC[C@H](C(N)=O)C3)cc(=O)n12. The van der Waals surface area contributed by atoms with Gasteiger partial charge in [0.1, 0.15) is 17.9 Å². The molecule has 0 radical (unpaired) electrons. The quantitative estimate of drug-likeness (QED) is 0.785. The first-order valence-electron chi connectivity index (χ1n) is 7.66. The topological polar surface area (TPSA) is 81.9 Å². The third-order valence-corrected chi connectivity index (χ3v) is 4.38. The molecule has 6 nitrogen and oxygen atoms in total. The van der Waals surface area contributed by atoms with Crippen LogP contribution in [-0.4, -0.2) is 28.4 Å². The predicted molar refractivity (Wildman–Crippen MR) is 82.5 cm³/mol. The lowest BCUT2D eigenvalue weighted by Gasteiger charge is -2.27. The highest BCUT2D eigenvalue weighted by atomic mass is 16.1. The molecule has 1 fully saturated rings. The van der Waals surface area contributed by atoms with Gasteiger partial charge in [-0.2, -0.15) is 0 Å². The maximum absolute atomic E-state index is 12.3. The highest BCUT2D eigenvalue weighted by Crippen LogP contribution is 2.07. The Balaban J connectivity index is 1.85. The summed E-state index contributed by atoms with van der Waals surface area (Å²) in [6.07, 6.45) is 1.85. The molecule has 2 aromatic rings. The Labute approximate surface area is 128 Å². The fraction of sp³-hybridized carbons (Fsp3) is 0.438. The maximum Gasteiger partial charge on any atom is 0.258 e. The van der Waals surface area contributed by atoms with E-state index in [0.29, 0.717) is 12.2 Å². The second-order valence-electron chi connectivity index (χ2n) is 6.07. The van der Waals surface area contributed by atoms with E-state index in [2.05, 4.69) is 4.98 Å². The number of primary amides is 1. The van der Waals surface area contributed by atoms with E-state index in [0.717, 1.165) is 37.3 Å². The number of quaternary nitrogens is 1. The van der Waals surface area contributed by atoms with Gasteiger partial charge in [-0.3, -0.25) is 14.0 Å². The number of carbonyl (C=O) groups excluding carboxylic acids is 1. The molecule has 0 spiro atoms. The summed E-state index contributed by atoms with van der Waals surface area (Å²) in [6.45, 7) is 4.26. The number of nitrogens with zero attached hydrogens (tertiary/aromatic N) is 2. The molecule has 3 N–H and O–H groups in total. The van der Waals surface area contributed by atoms with Crippen molar-refractivity contribution in [1.29, 1.82) is 0 Å². The lowest BCUT2D eigenvalue weighted by molar-refractivity contribution is -0.921. The van der Waals surface area contributed by atoms with E-state index in [9.17, 15) is 9.59 Å². The first-order chi connectivity index (χ1) is 10.5. The summed E-state index contributed by atoms with van der Waals surface area (Å²) in [4.78, 5) is 29.5. The molecule has 3 heterocycles. The Bertz CT molecular complexity index is 768. The Morgan fingerprint density at radius 1 is 1.50 bits per heavy atom. The van der Waals surface area contributed by atoms with Gasteiger partial charge in [0.15, 0.2) is 0 Å². The van der Waals surface area contributed by atoms with Crippen LogP contribution in [0.2, 0.25) is 0 Å². The summed E-state index contributed by atoms with van der Waals surface area (Å²) in [7, 11) is 0. The van der Waals surface area contributed by atoms with Crippen LogP contribution in [0.1, 0.15) is 24.2 Å². The zero-order valence-corrected chi connectivity index (χ0v) is 12.7. The van der Waals surface area contributed by atoms with Crippen molar-refractivity contribution in [1.82, 2.24) is 9.38 Å². The number of pyridine rings is 1. The number of rotatable bonds is 3. The van der Waals surface area contributed by atoms with Gasteiger partial charge in [-0.05, 0) is 31.9 Å². The molecule has 22 heavy (non-hydrogen) atoms. The summed E-state index contributed by atoms with van der Waals surface area (Å²) in [5, 5.41) is 0. The van der Waals surface area contributed by atoms with Crippen molar-refractivity contribution in [3.63, 3.8) is 0 Å². The van der Waals surface area contributed by atoms with Crippen molar-refractivity contribution in [3.8, 4) is 0 Å². The lowest BCUT2D eigenvalue weighted by Crippen LogP contribution is -3.12. The zero-order valence-electron chi connectivity index (χ0n) is 12.7. The minimum Gasteiger partial charge on any atom is -0.369 e. The van der Waals surface area contributed by atoms with Gasteiger partial charge < -0.3 is 10.6 Å². The molecule has 2 atom stereocenters. The van der Waals surface area contributed by atoms with Gasteiger partial charge in [0.2, 0.25) is 5.91 Å². The average molecular weight is 301 g/mol. The maximum atomic E-state index is 12.3. The summed E-state index contributed by atoms with van der Waals surface area (Å²) >= 11 is 0. The van der Waals surface area contributed by atoms with E-state index in [4.69, 9.17) is 5.73 Å². The summed E-state index contributed by atoms with van der Waals surface area (Å²) in [5.41, 5.74) is 7.68. The molecule has 0 bridgehead atoms. The van der Waals surface area contributed by atoms with Gasteiger partial charge in [-0.25, -0.2) is 4.98 Å². The smallest absolute Gasteiger partial charge is 0.258 e. The molecule has 1 amide bonds. The molecule has 1 aliphatic heterocycles. The van der Waals surface area contributed by atoms with Gasteiger partial charge in [-0.1, -0.05) is 6.07 Å². The van der Waals surface area contributed by atoms with Crippen LogP contribution < -0.4 is 16.2 Å². The van der Waals surface area contributed by atoms with Gasteiger partial charge in [-0.15, -0.1) is 0 Å². The summed E-state index contributed by atoms with van der Waals surface area (Å²) in [5.74, 6) is -0.285. The van der Waals surface area contributed by atoms with Crippen molar-refractivity contribution in [2.24, 2.45) is 11.7 Å². The Morgan fingerprint density at radius 2 is 2.32 bits per heavy atom. The molecule has 1 saturated heterocycles. The van der Waals surface area contributed by atoms with Crippen LogP contribution in [-0.2, 0) is 11.3 Å². The number of aryl methyl sites for hydroxylation is 1. The highest BCUT2D eigenvalue weighted by molar-refractivity contribution is 5.76. The van der Waals surface area contributed by atoms with Crippen LogP contribution in [0.15, 0.2) is 29.1 Å². The van der Waals surface area contributed by atoms with E-state index < -0.39 is 0 Å². The fourth-order valence-electron chi connectivity index (χ4n) is 3.26. The van der Waals surface area contributed by atoms with Crippen molar-refractivity contribution in [3.05, 3.63) is 46.0 Å². The highest BCUT2D eigenvalue weighted by Gasteiger charge is 2.27. The number of nitrogens with two attached hydrogens (primary N) is 1. The third-order valence-electron chi connectivity index (χ3n) is 4.38. The number of carbonyl (C=O) groups is 1. The second-order valence-corrected chi connectivity index (χ2v) is 6.07. The largest absolute Gasteiger partial charge is 0.369 e. The predicted octanol–water partition coefficient (Wildman–Crippen LogP) is -0.717. The van der Waals surface area contributed by atoms with Crippen LogP contribution in [0.25, 0.3) is 5.65 Å². The summed E-state index contributed by atoms with van der Waals surface area (Å²) in [6, 6.07) is 7.23. The Hall–Kier alpha value is -2.21. The van der Waals surface area contributed by atoms with E-state index in [1.807, 2.05) is 25.1 Å². The fourth-order valence-corrected chi connectivity index (χ4v) is 3.26. The molecule has 2 aromatic heterocycles. The van der Waals surface area contributed by atoms with Crippen molar-refractivity contribution < 1.29 is 9.69 Å². The normalized spacial score (nSPS) is 21.9. The number of piperidine rings is 1. The van der Waals surface area contributed by atoms with Crippen LogP contribution in [0.3, 0.4) is 0 Å². The lowest BCUT2D eigenvalue weighted by atomic mass is 9.97. The van der Waals surface area contributed by atoms with Gasteiger partial charge >= 0.3 is 0 Å². The van der Waals surface area contributed by atoms with Gasteiger partial charge in [0.25, 0.3) is 5.56 Å². The minimum atomic E-state index is -0.223. The number of hydrogen-bond acceptors (Lipinski definition) is 3. The minimum absolute atomic E-state index is 0.0547. The molecule has 116 valence electrons. The molecule has 1 aliphatic rings. The molecular formula is C16H21N4O2+. The molecule has 0 saturated carbocycles. The molecule has 1 unspecified atom stereocenters. The van der Waals surface area contributed by atoms with E-state index in [-0.39, 0.29) is 17.4 Å². The number of amides is 1. The first kappa shape index (κ1) is 14.7. The zero-order chi connectivity index (χ0) is 15.7. The monoisotopic (exact) mass is 301 g/mol. The number of hydrogen-bond donors (Lipinski definition) is 2. The number of likely N-dealkylation sites (tertiary alicyclic amines) is 1. The van der Waals surface area contributed by atoms with Gasteiger partial charge in [0.05, 0.1) is 19.0 Å².